The Kier molecular flexibility index (Phi) is 2.82. The minimum Gasteiger partial charge on any atom is -0.316 e. The molecule has 1 aromatic heterocycles. The van der Waals surface area contributed by atoms with Crippen molar-refractivity contribution in [3.05, 3.63) is 29.1 Å². The molecule has 1 aliphatic heterocycles. The van der Waals surface area contributed by atoms with Crippen LogP contribution in [-0.4, -0.2) is 18.1 Å². The van der Waals surface area contributed by atoms with E-state index in [4.69, 9.17) is 0 Å². The number of nitrogens with zero attached hydrogens (tertiary/aromatic N) is 1. The molecule has 0 aliphatic carbocycles. The lowest BCUT2D eigenvalue weighted by molar-refractivity contribution is 0.459. The van der Waals surface area contributed by atoms with E-state index in [0.717, 1.165) is 12.2 Å². The summed E-state index contributed by atoms with van der Waals surface area (Å²) in [5.41, 5.74) is 3.76. The van der Waals surface area contributed by atoms with Gasteiger partial charge in [-0.3, -0.25) is 4.98 Å². The van der Waals surface area contributed by atoms with Crippen molar-refractivity contribution in [2.24, 2.45) is 0 Å². The van der Waals surface area contributed by atoms with Crippen LogP contribution in [-0.2, 0) is 0 Å². The second-order valence-electron chi connectivity index (χ2n) is 4.17. The zero-order chi connectivity index (χ0) is 9.97. The Hall–Kier alpha value is -0.890. The average molecular weight is 190 g/mol. The summed E-state index contributed by atoms with van der Waals surface area (Å²) >= 11 is 0. The van der Waals surface area contributed by atoms with Crippen LogP contribution in [0.15, 0.2) is 12.1 Å². The SMILES string of the molecule is Cc1ccc(C2CCCNC2)c(C)n1. The minimum atomic E-state index is 0.678. The normalized spacial score (nSPS) is 22.3. The summed E-state index contributed by atoms with van der Waals surface area (Å²) in [7, 11) is 0. The molecule has 2 heteroatoms. The van der Waals surface area contributed by atoms with Gasteiger partial charge in [-0.1, -0.05) is 6.07 Å². The van der Waals surface area contributed by atoms with Crippen LogP contribution in [0, 0.1) is 13.8 Å². The highest BCUT2D eigenvalue weighted by Gasteiger charge is 2.17. The highest BCUT2D eigenvalue weighted by atomic mass is 14.9. The van der Waals surface area contributed by atoms with Crippen molar-refractivity contribution in [2.75, 3.05) is 13.1 Å². The third kappa shape index (κ3) is 1.95. The molecule has 0 saturated carbocycles. The first kappa shape index (κ1) is 9.66. The summed E-state index contributed by atoms with van der Waals surface area (Å²) in [5, 5.41) is 3.45. The summed E-state index contributed by atoms with van der Waals surface area (Å²) in [6, 6.07) is 4.37. The van der Waals surface area contributed by atoms with Crippen LogP contribution in [0.2, 0.25) is 0 Å². The van der Waals surface area contributed by atoms with Crippen molar-refractivity contribution < 1.29 is 0 Å². The van der Waals surface area contributed by atoms with Gasteiger partial charge in [-0.25, -0.2) is 0 Å². The van der Waals surface area contributed by atoms with Crippen LogP contribution in [0.1, 0.15) is 35.7 Å². The molecule has 0 spiro atoms. The molecule has 0 radical (unpaired) electrons. The summed E-state index contributed by atoms with van der Waals surface area (Å²) in [6.07, 6.45) is 2.59. The van der Waals surface area contributed by atoms with Gasteiger partial charge in [0.25, 0.3) is 0 Å². The molecule has 1 unspecified atom stereocenters. The number of rotatable bonds is 1. The summed E-state index contributed by atoms with van der Waals surface area (Å²) in [5.74, 6) is 0.678. The number of nitrogens with one attached hydrogen (secondary N) is 1. The maximum Gasteiger partial charge on any atom is 0.0411 e. The van der Waals surface area contributed by atoms with Crippen molar-refractivity contribution in [2.45, 2.75) is 32.6 Å². The molecule has 0 bridgehead atoms. The lowest BCUT2D eigenvalue weighted by atomic mass is 9.90. The third-order valence-electron chi connectivity index (χ3n) is 3.00. The van der Waals surface area contributed by atoms with E-state index in [1.165, 1.54) is 30.6 Å². The molecular weight excluding hydrogens is 172 g/mol. The largest absolute Gasteiger partial charge is 0.316 e. The molecule has 0 amide bonds. The van der Waals surface area contributed by atoms with Gasteiger partial charge in [-0.2, -0.15) is 0 Å². The Morgan fingerprint density at radius 1 is 1.36 bits per heavy atom. The van der Waals surface area contributed by atoms with Crippen LogP contribution in [0.25, 0.3) is 0 Å². The quantitative estimate of drug-likeness (QED) is 0.734. The molecule has 14 heavy (non-hydrogen) atoms. The van der Waals surface area contributed by atoms with Gasteiger partial charge in [0.2, 0.25) is 0 Å². The molecule has 1 atom stereocenters. The maximum absolute atomic E-state index is 4.52. The maximum atomic E-state index is 4.52. The fourth-order valence-corrected chi connectivity index (χ4v) is 2.25. The van der Waals surface area contributed by atoms with Gasteiger partial charge in [0, 0.05) is 17.9 Å². The van der Waals surface area contributed by atoms with Crippen LogP contribution in [0.3, 0.4) is 0 Å². The molecule has 1 fully saturated rings. The molecule has 1 aromatic rings. The lowest BCUT2D eigenvalue weighted by Gasteiger charge is -2.24. The summed E-state index contributed by atoms with van der Waals surface area (Å²) < 4.78 is 0. The van der Waals surface area contributed by atoms with Crippen molar-refractivity contribution >= 4 is 0 Å². The number of aryl methyl sites for hydroxylation is 2. The van der Waals surface area contributed by atoms with Gasteiger partial charge in [-0.15, -0.1) is 0 Å². The third-order valence-corrected chi connectivity index (χ3v) is 3.00. The Bertz CT molecular complexity index is 314. The number of aromatic nitrogens is 1. The van der Waals surface area contributed by atoms with Crippen molar-refractivity contribution in [1.29, 1.82) is 0 Å². The van der Waals surface area contributed by atoms with E-state index in [9.17, 15) is 0 Å². The van der Waals surface area contributed by atoms with Crippen LogP contribution in [0.4, 0.5) is 0 Å². The number of piperidine rings is 1. The van der Waals surface area contributed by atoms with Gasteiger partial charge >= 0.3 is 0 Å². The first-order valence-electron chi connectivity index (χ1n) is 5.42. The van der Waals surface area contributed by atoms with E-state index < -0.39 is 0 Å². The average Bonchev–Trinajstić information content (AvgIpc) is 2.19. The first-order valence-corrected chi connectivity index (χ1v) is 5.42. The number of hydrogen-bond acceptors (Lipinski definition) is 2. The van der Waals surface area contributed by atoms with Gasteiger partial charge in [0.05, 0.1) is 0 Å². The van der Waals surface area contributed by atoms with Crippen molar-refractivity contribution in [3.63, 3.8) is 0 Å². The standard InChI is InChI=1S/C12H18N2/c1-9-5-6-12(10(2)14-9)11-4-3-7-13-8-11/h5-6,11,13H,3-4,7-8H2,1-2H3. The first-order chi connectivity index (χ1) is 6.77. The van der Waals surface area contributed by atoms with Gasteiger partial charge < -0.3 is 5.32 Å². The van der Waals surface area contributed by atoms with E-state index in [0.29, 0.717) is 5.92 Å². The molecule has 76 valence electrons. The summed E-state index contributed by atoms with van der Waals surface area (Å²) in [6.45, 7) is 6.47. The fraction of sp³-hybridized carbons (Fsp3) is 0.583. The molecule has 2 rings (SSSR count). The molecule has 1 saturated heterocycles. The van der Waals surface area contributed by atoms with Gasteiger partial charge in [0.15, 0.2) is 0 Å². The van der Waals surface area contributed by atoms with E-state index in [1.54, 1.807) is 0 Å². The Morgan fingerprint density at radius 2 is 2.21 bits per heavy atom. The Balaban J connectivity index is 2.22. The second kappa shape index (κ2) is 4.09. The van der Waals surface area contributed by atoms with E-state index >= 15 is 0 Å². The summed E-state index contributed by atoms with van der Waals surface area (Å²) in [4.78, 5) is 4.52. The molecule has 0 aromatic carbocycles. The van der Waals surface area contributed by atoms with E-state index in [1.807, 2.05) is 0 Å². The molecule has 2 nitrogen and oxygen atoms in total. The molecule has 1 N–H and O–H groups in total. The zero-order valence-electron chi connectivity index (χ0n) is 9.01. The predicted molar refractivity (Wildman–Crippen MR) is 58.6 cm³/mol. The van der Waals surface area contributed by atoms with Gasteiger partial charge in [-0.05, 0) is 50.8 Å². The van der Waals surface area contributed by atoms with Gasteiger partial charge in [0.1, 0.15) is 0 Å². The molecule has 2 heterocycles. The molecule has 1 aliphatic rings. The van der Waals surface area contributed by atoms with Crippen LogP contribution < -0.4 is 5.32 Å². The predicted octanol–water partition coefficient (Wildman–Crippen LogP) is 2.17. The van der Waals surface area contributed by atoms with E-state index in [-0.39, 0.29) is 0 Å². The zero-order valence-corrected chi connectivity index (χ0v) is 9.01. The highest BCUT2D eigenvalue weighted by molar-refractivity contribution is 5.26. The van der Waals surface area contributed by atoms with Crippen LogP contribution in [0.5, 0.6) is 0 Å². The van der Waals surface area contributed by atoms with Crippen molar-refractivity contribution in [3.8, 4) is 0 Å². The monoisotopic (exact) mass is 190 g/mol. The number of hydrogen-bond donors (Lipinski definition) is 1. The van der Waals surface area contributed by atoms with Crippen LogP contribution >= 0.6 is 0 Å². The van der Waals surface area contributed by atoms with Crippen molar-refractivity contribution in [1.82, 2.24) is 10.3 Å². The second-order valence-corrected chi connectivity index (χ2v) is 4.17. The lowest BCUT2D eigenvalue weighted by Crippen LogP contribution is -2.28. The smallest absolute Gasteiger partial charge is 0.0411 e. The topological polar surface area (TPSA) is 24.9 Å². The Morgan fingerprint density at radius 3 is 2.86 bits per heavy atom. The fourth-order valence-electron chi connectivity index (χ4n) is 2.25. The number of pyridine rings is 1. The molecular formula is C12H18N2. The van der Waals surface area contributed by atoms with E-state index in [2.05, 4.69) is 36.3 Å². The minimum absolute atomic E-state index is 0.678. The highest BCUT2D eigenvalue weighted by Crippen LogP contribution is 2.24. The Labute approximate surface area is 85.7 Å².